The Morgan fingerprint density at radius 2 is 1.63 bits per heavy atom. The number of carbonyl (C=O) groups excluding carboxylic acids is 2. The number of nitrogens with one attached hydrogen (secondary N) is 1. The predicted molar refractivity (Wildman–Crippen MR) is 163 cm³/mol. The van der Waals surface area contributed by atoms with E-state index in [0.29, 0.717) is 16.3 Å². The number of rotatable bonds is 10. The number of sulfonamides is 1. The number of halogens is 1. The molecule has 7 nitrogen and oxygen atoms in total. The normalized spacial score (nSPS) is 14.7. The Balaban J connectivity index is 1.70. The van der Waals surface area contributed by atoms with Gasteiger partial charge in [-0.1, -0.05) is 85.0 Å². The van der Waals surface area contributed by atoms with Crippen LogP contribution in [-0.4, -0.2) is 43.8 Å². The molecule has 3 aromatic rings. The zero-order chi connectivity index (χ0) is 29.6. The van der Waals surface area contributed by atoms with Crippen molar-refractivity contribution in [1.82, 2.24) is 10.2 Å². The molecule has 0 saturated heterocycles. The molecule has 1 atom stereocenters. The van der Waals surface area contributed by atoms with Crippen molar-refractivity contribution < 1.29 is 18.0 Å². The number of carbonyl (C=O) groups is 2. The van der Waals surface area contributed by atoms with E-state index in [1.54, 1.807) is 50.2 Å². The van der Waals surface area contributed by atoms with Crippen LogP contribution in [-0.2, 0) is 26.2 Å². The van der Waals surface area contributed by atoms with Gasteiger partial charge in [0.15, 0.2) is 0 Å². The van der Waals surface area contributed by atoms with Crippen molar-refractivity contribution in [2.75, 3.05) is 10.8 Å². The van der Waals surface area contributed by atoms with Gasteiger partial charge in [-0.25, -0.2) is 8.42 Å². The van der Waals surface area contributed by atoms with Crippen LogP contribution in [0, 0.1) is 13.8 Å². The summed E-state index contributed by atoms with van der Waals surface area (Å²) in [5, 5.41) is 3.52. The molecule has 1 aliphatic carbocycles. The minimum atomic E-state index is -4.14. The summed E-state index contributed by atoms with van der Waals surface area (Å²) < 4.78 is 29.0. The van der Waals surface area contributed by atoms with Crippen LogP contribution in [0.15, 0.2) is 77.7 Å². The van der Waals surface area contributed by atoms with Crippen LogP contribution in [0.1, 0.15) is 55.7 Å². The van der Waals surface area contributed by atoms with E-state index in [0.717, 1.165) is 47.5 Å². The van der Waals surface area contributed by atoms with Crippen molar-refractivity contribution in [2.45, 2.75) is 76.4 Å². The van der Waals surface area contributed by atoms with Gasteiger partial charge in [0.05, 0.1) is 10.6 Å². The molecule has 4 rings (SSSR count). The number of benzene rings is 3. The smallest absolute Gasteiger partial charge is 0.264 e. The van der Waals surface area contributed by atoms with Gasteiger partial charge in [-0.15, -0.1) is 0 Å². The third-order valence-electron chi connectivity index (χ3n) is 7.67. The molecule has 1 saturated carbocycles. The molecule has 41 heavy (non-hydrogen) atoms. The second-order valence-electron chi connectivity index (χ2n) is 10.7. The monoisotopic (exact) mass is 595 g/mol. The summed E-state index contributed by atoms with van der Waals surface area (Å²) in [5.41, 5.74) is 2.73. The third-order valence-corrected chi connectivity index (χ3v) is 9.86. The van der Waals surface area contributed by atoms with E-state index in [1.807, 2.05) is 31.2 Å². The number of hydrogen-bond acceptors (Lipinski definition) is 4. The molecule has 0 radical (unpaired) electrons. The zero-order valence-corrected chi connectivity index (χ0v) is 25.4. The van der Waals surface area contributed by atoms with E-state index in [1.165, 1.54) is 17.0 Å². The summed E-state index contributed by atoms with van der Waals surface area (Å²) in [6.07, 6.45) is 5.13. The molecule has 218 valence electrons. The number of nitrogens with zero attached hydrogens (tertiary/aromatic N) is 2. The topological polar surface area (TPSA) is 86.8 Å². The first-order valence-electron chi connectivity index (χ1n) is 14.1. The van der Waals surface area contributed by atoms with Crippen molar-refractivity contribution in [3.63, 3.8) is 0 Å². The van der Waals surface area contributed by atoms with Gasteiger partial charge in [-0.3, -0.25) is 13.9 Å². The molecule has 1 fully saturated rings. The summed E-state index contributed by atoms with van der Waals surface area (Å²) >= 11 is 6.39. The first-order chi connectivity index (χ1) is 19.6. The van der Waals surface area contributed by atoms with Gasteiger partial charge in [0.2, 0.25) is 11.8 Å². The van der Waals surface area contributed by atoms with Crippen molar-refractivity contribution in [2.24, 2.45) is 0 Å². The maximum Gasteiger partial charge on any atom is 0.264 e. The zero-order valence-electron chi connectivity index (χ0n) is 23.8. The number of amides is 2. The SMILES string of the molecule is Cc1cccc(CN(C(=O)CN(c2cccc(Cl)c2C)S(=O)(=O)c2ccccc2)C(C)C(=O)NC2CCCCC2)c1. The fraction of sp³-hybridized carbons (Fsp3) is 0.375. The second kappa shape index (κ2) is 13.5. The van der Waals surface area contributed by atoms with Gasteiger partial charge in [-0.2, -0.15) is 0 Å². The fourth-order valence-electron chi connectivity index (χ4n) is 5.26. The first-order valence-corrected chi connectivity index (χ1v) is 15.9. The van der Waals surface area contributed by atoms with E-state index in [2.05, 4.69) is 5.32 Å². The summed E-state index contributed by atoms with van der Waals surface area (Å²) in [4.78, 5) is 29.1. The molecule has 0 bridgehead atoms. The van der Waals surface area contributed by atoms with Gasteiger partial charge < -0.3 is 10.2 Å². The molecule has 0 aromatic heterocycles. The summed E-state index contributed by atoms with van der Waals surface area (Å²) in [5.74, 6) is -0.731. The Morgan fingerprint density at radius 3 is 2.32 bits per heavy atom. The molecule has 0 aliphatic heterocycles. The highest BCUT2D eigenvalue weighted by Crippen LogP contribution is 2.31. The Morgan fingerprint density at radius 1 is 0.951 bits per heavy atom. The standard InChI is InChI=1S/C32H38ClN3O4S/c1-23-12-10-13-26(20-23)21-35(25(3)32(38)34-27-14-6-4-7-15-27)31(37)22-36(30-19-11-18-29(33)24(30)2)41(39,40)28-16-8-5-9-17-28/h5,8-13,16-20,25,27H,4,6-7,14-15,21-22H2,1-3H3,(H,34,38). The Bertz CT molecular complexity index is 1470. The van der Waals surface area contributed by atoms with E-state index in [-0.39, 0.29) is 23.4 Å². The lowest BCUT2D eigenvalue weighted by Crippen LogP contribution is -2.53. The Hall–Kier alpha value is -3.36. The number of aryl methyl sites for hydroxylation is 1. The van der Waals surface area contributed by atoms with Crippen LogP contribution < -0.4 is 9.62 Å². The average Bonchev–Trinajstić information content (AvgIpc) is 2.97. The van der Waals surface area contributed by atoms with Crippen LogP contribution in [0.3, 0.4) is 0 Å². The van der Waals surface area contributed by atoms with Crippen LogP contribution in [0.2, 0.25) is 5.02 Å². The van der Waals surface area contributed by atoms with Gasteiger partial charge in [-0.05, 0) is 69.0 Å². The quantitative estimate of drug-likeness (QED) is 0.311. The van der Waals surface area contributed by atoms with Crippen molar-refractivity contribution >= 4 is 39.1 Å². The summed E-state index contributed by atoms with van der Waals surface area (Å²) in [7, 11) is -4.14. The number of hydrogen-bond donors (Lipinski definition) is 1. The maximum absolute atomic E-state index is 14.1. The summed E-state index contributed by atoms with van der Waals surface area (Å²) in [6.45, 7) is 5.05. The molecule has 0 spiro atoms. The molecule has 1 unspecified atom stereocenters. The first kappa shape index (κ1) is 30.6. The number of anilines is 1. The van der Waals surface area contributed by atoms with Crippen molar-refractivity contribution in [3.8, 4) is 0 Å². The second-order valence-corrected chi connectivity index (χ2v) is 13.0. The van der Waals surface area contributed by atoms with Crippen molar-refractivity contribution in [3.05, 3.63) is 94.5 Å². The maximum atomic E-state index is 14.1. The summed E-state index contributed by atoms with van der Waals surface area (Å²) in [6, 6.07) is 20.0. The van der Waals surface area contributed by atoms with E-state index >= 15 is 0 Å². The van der Waals surface area contributed by atoms with E-state index in [4.69, 9.17) is 11.6 Å². The van der Waals surface area contributed by atoms with E-state index < -0.39 is 28.5 Å². The molecule has 1 aliphatic rings. The Kier molecular flexibility index (Phi) is 10.1. The molecule has 2 amide bonds. The van der Waals surface area contributed by atoms with Crippen LogP contribution >= 0.6 is 11.6 Å². The molecule has 3 aromatic carbocycles. The Labute approximate surface area is 248 Å². The van der Waals surface area contributed by atoms with Gasteiger partial charge in [0, 0.05) is 17.6 Å². The van der Waals surface area contributed by atoms with Crippen LogP contribution in [0.5, 0.6) is 0 Å². The molecular weight excluding hydrogens is 558 g/mol. The highest BCUT2D eigenvalue weighted by atomic mass is 35.5. The fourth-order valence-corrected chi connectivity index (χ4v) is 6.92. The molecule has 1 N–H and O–H groups in total. The van der Waals surface area contributed by atoms with Crippen LogP contribution in [0.4, 0.5) is 5.69 Å². The van der Waals surface area contributed by atoms with E-state index in [9.17, 15) is 18.0 Å². The molecule has 0 heterocycles. The van der Waals surface area contributed by atoms with Gasteiger partial charge in [0.1, 0.15) is 12.6 Å². The lowest BCUT2D eigenvalue weighted by atomic mass is 9.95. The largest absolute Gasteiger partial charge is 0.352 e. The minimum Gasteiger partial charge on any atom is -0.352 e. The predicted octanol–water partition coefficient (Wildman–Crippen LogP) is 6.02. The minimum absolute atomic E-state index is 0.0560. The third kappa shape index (κ3) is 7.49. The van der Waals surface area contributed by atoms with Crippen molar-refractivity contribution in [1.29, 1.82) is 0 Å². The van der Waals surface area contributed by atoms with Gasteiger partial charge >= 0.3 is 0 Å². The average molecular weight is 596 g/mol. The molecular formula is C32H38ClN3O4S. The highest BCUT2D eigenvalue weighted by Gasteiger charge is 2.34. The highest BCUT2D eigenvalue weighted by molar-refractivity contribution is 7.92. The molecule has 9 heteroatoms. The lowest BCUT2D eigenvalue weighted by molar-refractivity contribution is -0.139. The lowest BCUT2D eigenvalue weighted by Gasteiger charge is -2.33. The van der Waals surface area contributed by atoms with Gasteiger partial charge in [0.25, 0.3) is 10.0 Å². The van der Waals surface area contributed by atoms with Crippen LogP contribution in [0.25, 0.3) is 0 Å².